The maximum absolute atomic E-state index is 12.5. The largest absolute Gasteiger partial charge is 0.494 e. The molecule has 0 unspecified atom stereocenters. The number of methoxy groups -OCH3 is 1. The minimum atomic E-state index is -0.735. The molecule has 26 heavy (non-hydrogen) atoms. The minimum Gasteiger partial charge on any atom is -0.494 e. The molecule has 0 bridgehead atoms. The van der Waals surface area contributed by atoms with Crippen LogP contribution in [0.25, 0.3) is 11.0 Å². The second-order valence-corrected chi connectivity index (χ2v) is 6.30. The van der Waals surface area contributed by atoms with Crippen LogP contribution in [0.1, 0.15) is 17.3 Å². The molecule has 0 fully saturated rings. The van der Waals surface area contributed by atoms with E-state index in [2.05, 4.69) is 21.2 Å². The number of carbonyl (C=O) groups is 1. The van der Waals surface area contributed by atoms with E-state index in [1.807, 2.05) is 6.92 Å². The van der Waals surface area contributed by atoms with Gasteiger partial charge in [-0.1, -0.05) is 15.9 Å². The summed E-state index contributed by atoms with van der Waals surface area (Å²) in [5, 5.41) is 3.26. The maximum Gasteiger partial charge on any atom is 0.349 e. The number of hydrogen-bond donors (Lipinski definition) is 1. The van der Waals surface area contributed by atoms with E-state index in [9.17, 15) is 9.59 Å². The summed E-state index contributed by atoms with van der Waals surface area (Å²) in [6.07, 6.45) is 0. The van der Waals surface area contributed by atoms with Crippen LogP contribution in [0.3, 0.4) is 0 Å². The number of hydrogen-bond acceptors (Lipinski definition) is 5. The van der Waals surface area contributed by atoms with Crippen molar-refractivity contribution in [2.45, 2.75) is 6.92 Å². The Morgan fingerprint density at radius 2 is 1.92 bits per heavy atom. The number of ether oxygens (including phenoxy) is 2. The fraction of sp³-hybridized carbons (Fsp3) is 0.158. The van der Waals surface area contributed by atoms with Crippen molar-refractivity contribution in [3.63, 3.8) is 0 Å². The molecule has 6 nitrogen and oxygen atoms in total. The van der Waals surface area contributed by atoms with Gasteiger partial charge in [0, 0.05) is 15.5 Å². The Bertz CT molecular complexity index is 1010. The molecule has 134 valence electrons. The number of carbonyl (C=O) groups excluding carboxylic acids is 1. The molecular formula is C19H16BrNO5. The quantitative estimate of drug-likeness (QED) is 0.628. The van der Waals surface area contributed by atoms with E-state index in [1.165, 1.54) is 13.2 Å². The summed E-state index contributed by atoms with van der Waals surface area (Å²) >= 11 is 3.37. The first-order valence-electron chi connectivity index (χ1n) is 7.87. The van der Waals surface area contributed by atoms with Gasteiger partial charge in [-0.15, -0.1) is 0 Å². The molecule has 0 aliphatic heterocycles. The summed E-state index contributed by atoms with van der Waals surface area (Å²) in [5.41, 5.74) is 0.0104. The van der Waals surface area contributed by atoms with E-state index >= 15 is 0 Å². The summed E-state index contributed by atoms with van der Waals surface area (Å²) in [7, 11) is 1.48. The van der Waals surface area contributed by atoms with Crippen molar-refractivity contribution in [1.29, 1.82) is 0 Å². The number of benzene rings is 2. The summed E-state index contributed by atoms with van der Waals surface area (Å²) in [5.74, 6) is 0.557. The third-order valence-electron chi connectivity index (χ3n) is 3.65. The van der Waals surface area contributed by atoms with Crippen molar-refractivity contribution in [2.75, 3.05) is 19.0 Å². The Balaban J connectivity index is 1.92. The van der Waals surface area contributed by atoms with E-state index in [-0.39, 0.29) is 5.56 Å². The normalized spacial score (nSPS) is 10.6. The summed E-state index contributed by atoms with van der Waals surface area (Å²) in [6, 6.07) is 11.8. The van der Waals surface area contributed by atoms with Gasteiger partial charge in [0.25, 0.3) is 5.91 Å². The molecular weight excluding hydrogens is 402 g/mol. The first-order valence-corrected chi connectivity index (χ1v) is 8.66. The van der Waals surface area contributed by atoms with Crippen molar-refractivity contribution < 1.29 is 18.7 Å². The number of amides is 1. The predicted molar refractivity (Wildman–Crippen MR) is 102 cm³/mol. The van der Waals surface area contributed by atoms with Crippen molar-refractivity contribution >= 4 is 38.5 Å². The fourth-order valence-corrected chi connectivity index (χ4v) is 2.93. The first-order chi connectivity index (χ1) is 12.5. The van der Waals surface area contributed by atoms with E-state index in [4.69, 9.17) is 13.9 Å². The number of rotatable bonds is 5. The third kappa shape index (κ3) is 3.72. The summed E-state index contributed by atoms with van der Waals surface area (Å²) in [4.78, 5) is 24.7. The van der Waals surface area contributed by atoms with Crippen LogP contribution >= 0.6 is 15.9 Å². The lowest BCUT2D eigenvalue weighted by molar-refractivity contribution is 0.102. The van der Waals surface area contributed by atoms with Crippen LogP contribution in [0.4, 0.5) is 5.69 Å². The highest BCUT2D eigenvalue weighted by Gasteiger charge is 2.16. The number of anilines is 1. The molecule has 2 aromatic carbocycles. The molecule has 0 spiro atoms. The molecule has 1 heterocycles. The summed E-state index contributed by atoms with van der Waals surface area (Å²) < 4.78 is 16.6. The lowest BCUT2D eigenvalue weighted by atomic mass is 10.1. The van der Waals surface area contributed by atoms with Gasteiger partial charge in [0.05, 0.1) is 13.7 Å². The molecule has 0 aliphatic rings. The van der Waals surface area contributed by atoms with E-state index in [0.29, 0.717) is 34.8 Å². The lowest BCUT2D eigenvalue weighted by Gasteiger charge is -2.08. The lowest BCUT2D eigenvalue weighted by Crippen LogP contribution is -2.20. The minimum absolute atomic E-state index is 0.0912. The number of nitrogens with one attached hydrogen (secondary N) is 1. The Labute approximate surface area is 157 Å². The van der Waals surface area contributed by atoms with Crippen LogP contribution in [0, 0.1) is 0 Å². The topological polar surface area (TPSA) is 77.8 Å². The Hall–Kier alpha value is -2.80. The SMILES string of the molecule is CCOc1ccc(NC(=O)c2cc3cc(Br)cc(OC)c3oc2=O)cc1. The first kappa shape index (κ1) is 18.0. The monoisotopic (exact) mass is 417 g/mol. The van der Waals surface area contributed by atoms with Crippen LogP contribution < -0.4 is 20.4 Å². The van der Waals surface area contributed by atoms with Gasteiger partial charge in [-0.25, -0.2) is 4.79 Å². The van der Waals surface area contributed by atoms with E-state index in [0.717, 1.165) is 4.47 Å². The third-order valence-corrected chi connectivity index (χ3v) is 4.11. The van der Waals surface area contributed by atoms with Crippen molar-refractivity contribution in [1.82, 2.24) is 0 Å². The van der Waals surface area contributed by atoms with Crippen LogP contribution in [-0.2, 0) is 0 Å². The molecule has 0 saturated carbocycles. The molecule has 0 atom stereocenters. The Kier molecular flexibility index (Phi) is 5.27. The highest BCUT2D eigenvalue weighted by molar-refractivity contribution is 9.10. The van der Waals surface area contributed by atoms with Crippen molar-refractivity contribution in [3.05, 3.63) is 62.9 Å². The van der Waals surface area contributed by atoms with Gasteiger partial charge in [0.1, 0.15) is 11.3 Å². The van der Waals surface area contributed by atoms with E-state index < -0.39 is 11.5 Å². The zero-order valence-electron chi connectivity index (χ0n) is 14.2. The molecule has 0 saturated heterocycles. The van der Waals surface area contributed by atoms with Gasteiger partial charge in [0.15, 0.2) is 11.3 Å². The van der Waals surface area contributed by atoms with Crippen LogP contribution in [-0.4, -0.2) is 19.6 Å². The summed E-state index contributed by atoms with van der Waals surface area (Å²) in [6.45, 7) is 2.45. The molecule has 1 aromatic heterocycles. The fourth-order valence-electron chi connectivity index (χ4n) is 2.48. The second kappa shape index (κ2) is 7.61. The van der Waals surface area contributed by atoms with Gasteiger partial charge in [-0.3, -0.25) is 4.79 Å². The molecule has 1 amide bonds. The maximum atomic E-state index is 12.5. The van der Waals surface area contributed by atoms with Crippen molar-refractivity contribution in [3.8, 4) is 11.5 Å². The molecule has 7 heteroatoms. The second-order valence-electron chi connectivity index (χ2n) is 5.39. The Morgan fingerprint density at radius 1 is 1.19 bits per heavy atom. The number of fused-ring (bicyclic) bond motifs is 1. The van der Waals surface area contributed by atoms with Crippen molar-refractivity contribution in [2.24, 2.45) is 0 Å². The van der Waals surface area contributed by atoms with Crippen LogP contribution in [0.5, 0.6) is 11.5 Å². The highest BCUT2D eigenvalue weighted by atomic mass is 79.9. The molecule has 1 N–H and O–H groups in total. The van der Waals surface area contributed by atoms with Gasteiger partial charge in [0.2, 0.25) is 0 Å². The van der Waals surface area contributed by atoms with Crippen LogP contribution in [0.15, 0.2) is 56.1 Å². The molecule has 0 aliphatic carbocycles. The van der Waals surface area contributed by atoms with Gasteiger partial charge < -0.3 is 19.2 Å². The molecule has 3 rings (SSSR count). The van der Waals surface area contributed by atoms with Gasteiger partial charge in [-0.2, -0.15) is 0 Å². The number of halogens is 1. The average molecular weight is 418 g/mol. The van der Waals surface area contributed by atoms with Gasteiger partial charge in [-0.05, 0) is 49.4 Å². The Morgan fingerprint density at radius 3 is 2.58 bits per heavy atom. The van der Waals surface area contributed by atoms with Crippen LogP contribution in [0.2, 0.25) is 0 Å². The zero-order valence-corrected chi connectivity index (χ0v) is 15.8. The average Bonchev–Trinajstić information content (AvgIpc) is 2.62. The predicted octanol–water partition coefficient (Wildman–Crippen LogP) is 4.22. The smallest absolute Gasteiger partial charge is 0.349 e. The standard InChI is InChI=1S/C19H16BrNO5/c1-3-25-14-6-4-13(5-7-14)21-18(22)15-9-11-8-12(20)10-16(24-2)17(11)26-19(15)23/h4-10H,3H2,1-2H3,(H,21,22). The van der Waals surface area contributed by atoms with Gasteiger partial charge >= 0.3 is 5.63 Å². The molecule has 0 radical (unpaired) electrons. The highest BCUT2D eigenvalue weighted by Crippen LogP contribution is 2.29. The zero-order chi connectivity index (χ0) is 18.7. The molecule has 3 aromatic rings. The van der Waals surface area contributed by atoms with E-state index in [1.54, 1.807) is 36.4 Å².